The van der Waals surface area contributed by atoms with E-state index in [-0.39, 0.29) is 36.4 Å². The van der Waals surface area contributed by atoms with Gasteiger partial charge in [-0.05, 0) is 80.0 Å². The molecule has 1 aliphatic heterocycles. The summed E-state index contributed by atoms with van der Waals surface area (Å²) in [4.78, 5) is 27.5. The fourth-order valence-corrected chi connectivity index (χ4v) is 4.90. The molecule has 1 N–H and O–H groups in total. The topological polar surface area (TPSA) is 71.8 Å². The van der Waals surface area contributed by atoms with Crippen LogP contribution in [0.25, 0.3) is 0 Å². The van der Waals surface area contributed by atoms with Gasteiger partial charge in [-0.15, -0.1) is 0 Å². The third-order valence-electron chi connectivity index (χ3n) is 7.09. The van der Waals surface area contributed by atoms with Gasteiger partial charge < -0.3 is 19.4 Å². The number of amides is 2. The van der Waals surface area contributed by atoms with Gasteiger partial charge in [-0.1, -0.05) is 35.9 Å². The van der Waals surface area contributed by atoms with E-state index in [2.05, 4.69) is 53.5 Å². The highest BCUT2D eigenvalue weighted by molar-refractivity contribution is 5.91. The van der Waals surface area contributed by atoms with Gasteiger partial charge in [-0.25, -0.2) is 0 Å². The summed E-state index contributed by atoms with van der Waals surface area (Å²) < 4.78 is 11.8. The Kier molecular flexibility index (Phi) is 5.59. The van der Waals surface area contributed by atoms with Crippen molar-refractivity contribution in [2.75, 3.05) is 6.54 Å². The lowest BCUT2D eigenvalue weighted by atomic mass is 9.87. The molecule has 3 aliphatic rings. The molecule has 2 heterocycles. The molecule has 3 aromatic rings. The summed E-state index contributed by atoms with van der Waals surface area (Å²) in [5, 5.41) is 2.94. The number of aryl methyl sites for hydroxylation is 1. The molecule has 6 heteroatoms. The summed E-state index contributed by atoms with van der Waals surface area (Å²) in [6.45, 7) is 3.05. The first kappa shape index (κ1) is 22.0. The highest BCUT2D eigenvalue weighted by Crippen LogP contribution is 2.41. The molecule has 1 unspecified atom stereocenters. The zero-order valence-corrected chi connectivity index (χ0v) is 20.0. The number of rotatable bonds is 7. The predicted molar refractivity (Wildman–Crippen MR) is 131 cm³/mol. The Morgan fingerprint density at radius 1 is 1.06 bits per heavy atom. The predicted octanol–water partition coefficient (Wildman–Crippen LogP) is 4.94. The molecule has 2 aliphatic carbocycles. The molecular formula is C29H30N2O4. The lowest BCUT2D eigenvalue weighted by Gasteiger charge is -2.38. The molecule has 0 bridgehead atoms. The Balaban J connectivity index is 1.24. The van der Waals surface area contributed by atoms with Crippen molar-refractivity contribution in [3.8, 4) is 5.75 Å². The van der Waals surface area contributed by atoms with Crippen molar-refractivity contribution in [1.29, 1.82) is 0 Å². The highest BCUT2D eigenvalue weighted by atomic mass is 16.5. The van der Waals surface area contributed by atoms with Crippen LogP contribution in [0.3, 0.4) is 0 Å². The fraction of sp³-hybridized carbons (Fsp3) is 0.379. The van der Waals surface area contributed by atoms with Gasteiger partial charge >= 0.3 is 0 Å². The van der Waals surface area contributed by atoms with E-state index in [9.17, 15) is 9.59 Å². The molecule has 6 rings (SSSR count). The number of nitrogens with one attached hydrogen (secondary N) is 1. The van der Waals surface area contributed by atoms with E-state index in [0.717, 1.165) is 55.5 Å². The van der Waals surface area contributed by atoms with Crippen LogP contribution in [0.5, 0.6) is 5.75 Å². The van der Waals surface area contributed by atoms with Gasteiger partial charge in [0.05, 0.1) is 6.04 Å². The Morgan fingerprint density at radius 2 is 1.91 bits per heavy atom. The number of fused-ring (bicyclic) bond motifs is 1. The zero-order chi connectivity index (χ0) is 23.9. The van der Waals surface area contributed by atoms with Crippen LogP contribution >= 0.6 is 0 Å². The van der Waals surface area contributed by atoms with Crippen LogP contribution in [0.15, 0.2) is 59.0 Å². The van der Waals surface area contributed by atoms with Gasteiger partial charge in [0.2, 0.25) is 5.91 Å². The van der Waals surface area contributed by atoms with E-state index in [0.29, 0.717) is 11.5 Å². The average Bonchev–Trinajstić information content (AvgIpc) is 3.80. The molecule has 2 fully saturated rings. The second-order valence-electron chi connectivity index (χ2n) is 10.0. The Morgan fingerprint density at radius 3 is 2.69 bits per heavy atom. The van der Waals surface area contributed by atoms with Crippen LogP contribution in [0.1, 0.15) is 70.3 Å². The Bertz CT molecular complexity index is 1270. The van der Waals surface area contributed by atoms with Crippen LogP contribution in [-0.4, -0.2) is 29.3 Å². The Hall–Kier alpha value is -3.54. The molecule has 2 aromatic carbocycles. The van der Waals surface area contributed by atoms with Gasteiger partial charge in [-0.3, -0.25) is 9.59 Å². The zero-order valence-electron chi connectivity index (χ0n) is 20.0. The number of carbonyl (C=O) groups is 2. The minimum Gasteiger partial charge on any atom is -0.486 e. The lowest BCUT2D eigenvalue weighted by molar-refractivity contribution is -0.134. The number of nitrogens with zero attached hydrogens (tertiary/aromatic N) is 1. The van der Waals surface area contributed by atoms with Crippen molar-refractivity contribution >= 4 is 11.8 Å². The van der Waals surface area contributed by atoms with Crippen molar-refractivity contribution in [2.24, 2.45) is 5.92 Å². The van der Waals surface area contributed by atoms with Gasteiger partial charge in [0, 0.05) is 18.5 Å². The van der Waals surface area contributed by atoms with Gasteiger partial charge in [-0.2, -0.15) is 0 Å². The minimum absolute atomic E-state index is 0.114. The molecule has 6 nitrogen and oxygen atoms in total. The number of hydrogen-bond donors (Lipinski definition) is 1. The van der Waals surface area contributed by atoms with E-state index < -0.39 is 0 Å². The van der Waals surface area contributed by atoms with Crippen LogP contribution in [0, 0.1) is 12.8 Å². The van der Waals surface area contributed by atoms with Crippen LogP contribution in [-0.2, 0) is 17.8 Å². The number of furan rings is 1. The first-order valence-electron chi connectivity index (χ1n) is 12.6. The second kappa shape index (κ2) is 8.91. The number of hydrogen-bond acceptors (Lipinski definition) is 4. The van der Waals surface area contributed by atoms with Crippen LogP contribution in [0.4, 0.5) is 0 Å². The monoisotopic (exact) mass is 470 g/mol. The molecule has 2 saturated carbocycles. The maximum Gasteiger partial charge on any atom is 0.287 e. The average molecular weight is 471 g/mol. The minimum atomic E-state index is -0.172. The van der Waals surface area contributed by atoms with Gasteiger partial charge in [0.15, 0.2) is 5.76 Å². The van der Waals surface area contributed by atoms with Gasteiger partial charge in [0.25, 0.3) is 5.91 Å². The number of carbonyl (C=O) groups excluding carboxylic acids is 2. The van der Waals surface area contributed by atoms with E-state index in [4.69, 9.17) is 9.15 Å². The largest absolute Gasteiger partial charge is 0.486 e. The normalized spacial score (nSPS) is 19.2. The second-order valence-corrected chi connectivity index (χ2v) is 10.0. The van der Waals surface area contributed by atoms with E-state index in [1.165, 1.54) is 11.1 Å². The molecule has 1 aromatic heterocycles. The summed E-state index contributed by atoms with van der Waals surface area (Å²) in [7, 11) is 0. The van der Waals surface area contributed by atoms with Gasteiger partial charge in [0.1, 0.15) is 18.1 Å². The molecule has 180 valence electrons. The maximum absolute atomic E-state index is 13.2. The third kappa shape index (κ3) is 4.70. The first-order chi connectivity index (χ1) is 17.0. The van der Waals surface area contributed by atoms with Crippen molar-refractivity contribution in [3.05, 3.63) is 88.4 Å². The molecule has 0 spiro atoms. The maximum atomic E-state index is 13.2. The first-order valence-corrected chi connectivity index (χ1v) is 12.6. The van der Waals surface area contributed by atoms with Crippen LogP contribution < -0.4 is 10.1 Å². The van der Waals surface area contributed by atoms with Crippen molar-refractivity contribution in [3.63, 3.8) is 0 Å². The fourth-order valence-electron chi connectivity index (χ4n) is 4.90. The Labute approximate surface area is 205 Å². The molecular weight excluding hydrogens is 440 g/mol. The van der Waals surface area contributed by atoms with Crippen molar-refractivity contribution in [2.45, 2.75) is 57.7 Å². The van der Waals surface area contributed by atoms with Crippen molar-refractivity contribution < 1.29 is 18.7 Å². The standard InChI is InChI=1S/C29H30N2O4/c1-18-3-2-4-21(15-18)27-25-16-23(10-7-19(25)13-14-31(27)29(33)20-5-6-20)34-17-24-11-12-26(35-24)28(32)30-22-8-9-22/h2-4,7,10-12,15-16,20,22,27H,5-6,8-9,13-14,17H2,1H3,(H,30,32). The highest BCUT2D eigenvalue weighted by Gasteiger charge is 2.39. The molecule has 1 atom stereocenters. The lowest BCUT2D eigenvalue weighted by Crippen LogP contribution is -2.41. The smallest absolute Gasteiger partial charge is 0.287 e. The summed E-state index contributed by atoms with van der Waals surface area (Å²) in [6.07, 6.45) is 4.90. The number of benzene rings is 2. The third-order valence-corrected chi connectivity index (χ3v) is 7.09. The summed E-state index contributed by atoms with van der Waals surface area (Å²) in [5.74, 6) is 1.91. The number of ether oxygens (including phenoxy) is 1. The molecule has 0 radical (unpaired) electrons. The summed E-state index contributed by atoms with van der Waals surface area (Å²) >= 11 is 0. The molecule has 0 saturated heterocycles. The van der Waals surface area contributed by atoms with Crippen molar-refractivity contribution in [1.82, 2.24) is 10.2 Å². The van der Waals surface area contributed by atoms with E-state index >= 15 is 0 Å². The summed E-state index contributed by atoms with van der Waals surface area (Å²) in [6, 6.07) is 18.3. The molecule has 2 amide bonds. The quantitative estimate of drug-likeness (QED) is 0.531. The molecule has 35 heavy (non-hydrogen) atoms. The van der Waals surface area contributed by atoms with Crippen LogP contribution in [0.2, 0.25) is 0 Å². The summed E-state index contributed by atoms with van der Waals surface area (Å²) in [5.41, 5.74) is 4.69. The van der Waals surface area contributed by atoms with E-state index in [1.807, 2.05) is 6.07 Å². The SMILES string of the molecule is Cc1cccc(C2c3cc(OCc4ccc(C(=O)NC5CC5)o4)ccc3CCN2C(=O)C2CC2)c1. The van der Waals surface area contributed by atoms with E-state index in [1.54, 1.807) is 12.1 Å².